The van der Waals surface area contributed by atoms with Gasteiger partial charge in [0.15, 0.2) is 0 Å². The quantitative estimate of drug-likeness (QED) is 0.693. The Morgan fingerprint density at radius 1 is 1.07 bits per heavy atom. The lowest BCUT2D eigenvalue weighted by molar-refractivity contribution is 0.647. The fraction of sp³-hybridized carbons (Fsp3) is 0.500. The summed E-state index contributed by atoms with van der Waals surface area (Å²) in [6, 6.07) is 6.45. The molecule has 0 fully saturated rings. The maximum atomic E-state index is 3.42. The van der Waals surface area contributed by atoms with Crippen molar-refractivity contribution < 1.29 is 0 Å². The molecule has 14 heavy (non-hydrogen) atoms. The molecule has 0 saturated carbocycles. The van der Waals surface area contributed by atoms with E-state index in [-0.39, 0.29) is 0 Å². The average molecular weight is 192 g/mol. The zero-order chi connectivity index (χ0) is 10.4. The van der Waals surface area contributed by atoms with E-state index in [0.717, 1.165) is 19.6 Å². The zero-order valence-electron chi connectivity index (χ0n) is 9.35. The fourth-order valence-electron chi connectivity index (χ4n) is 1.55. The minimum Gasteiger partial charge on any atom is -0.318 e. The first-order chi connectivity index (χ1) is 6.75. The van der Waals surface area contributed by atoms with Gasteiger partial charge in [0.1, 0.15) is 0 Å². The number of nitrogens with one attached hydrogen (secondary N) is 2. The molecule has 0 aliphatic carbocycles. The van der Waals surface area contributed by atoms with E-state index < -0.39 is 0 Å². The SMILES string of the molecule is CNCCNCc1c(C)cccc1C. The summed E-state index contributed by atoms with van der Waals surface area (Å²) in [5.74, 6) is 0. The second-order valence-electron chi connectivity index (χ2n) is 3.65. The van der Waals surface area contributed by atoms with Gasteiger partial charge in [-0.2, -0.15) is 0 Å². The van der Waals surface area contributed by atoms with Crippen LogP contribution in [0.15, 0.2) is 18.2 Å². The van der Waals surface area contributed by atoms with Crippen LogP contribution in [0.25, 0.3) is 0 Å². The summed E-state index contributed by atoms with van der Waals surface area (Å²) in [5, 5.41) is 6.54. The number of benzene rings is 1. The number of rotatable bonds is 5. The highest BCUT2D eigenvalue weighted by molar-refractivity contribution is 5.33. The third-order valence-corrected chi connectivity index (χ3v) is 2.50. The van der Waals surface area contributed by atoms with Gasteiger partial charge >= 0.3 is 0 Å². The molecule has 0 atom stereocenters. The number of hydrogen-bond acceptors (Lipinski definition) is 2. The second kappa shape index (κ2) is 5.78. The topological polar surface area (TPSA) is 24.1 Å². The smallest absolute Gasteiger partial charge is 0.0211 e. The van der Waals surface area contributed by atoms with Crippen LogP contribution < -0.4 is 10.6 Å². The summed E-state index contributed by atoms with van der Waals surface area (Å²) in [6.45, 7) is 7.35. The molecule has 2 nitrogen and oxygen atoms in total. The summed E-state index contributed by atoms with van der Waals surface area (Å²) < 4.78 is 0. The van der Waals surface area contributed by atoms with Gasteiger partial charge in [-0.25, -0.2) is 0 Å². The van der Waals surface area contributed by atoms with Gasteiger partial charge in [-0.15, -0.1) is 0 Å². The van der Waals surface area contributed by atoms with Crippen molar-refractivity contribution in [2.75, 3.05) is 20.1 Å². The summed E-state index contributed by atoms with van der Waals surface area (Å²) in [5.41, 5.74) is 4.19. The molecule has 0 radical (unpaired) electrons. The van der Waals surface area contributed by atoms with Crippen LogP contribution in [0.1, 0.15) is 16.7 Å². The molecule has 0 aromatic heterocycles. The predicted octanol–water partition coefficient (Wildman–Crippen LogP) is 1.61. The normalized spacial score (nSPS) is 10.5. The van der Waals surface area contributed by atoms with Crippen molar-refractivity contribution >= 4 is 0 Å². The molecule has 0 spiro atoms. The zero-order valence-corrected chi connectivity index (χ0v) is 9.35. The van der Waals surface area contributed by atoms with E-state index in [9.17, 15) is 0 Å². The van der Waals surface area contributed by atoms with Crippen LogP contribution in [0.2, 0.25) is 0 Å². The molecular formula is C12H20N2. The van der Waals surface area contributed by atoms with Gasteiger partial charge in [0.25, 0.3) is 0 Å². The van der Waals surface area contributed by atoms with Crippen LogP contribution in [0, 0.1) is 13.8 Å². The summed E-state index contributed by atoms with van der Waals surface area (Å²) in [7, 11) is 1.97. The number of aryl methyl sites for hydroxylation is 2. The molecule has 1 rings (SSSR count). The molecule has 0 heterocycles. The molecule has 0 unspecified atom stereocenters. The van der Waals surface area contributed by atoms with Crippen molar-refractivity contribution in [1.29, 1.82) is 0 Å². The Hall–Kier alpha value is -0.860. The Balaban J connectivity index is 2.49. The van der Waals surface area contributed by atoms with E-state index in [1.807, 2.05) is 7.05 Å². The van der Waals surface area contributed by atoms with E-state index in [4.69, 9.17) is 0 Å². The first-order valence-corrected chi connectivity index (χ1v) is 5.16. The van der Waals surface area contributed by atoms with Gasteiger partial charge in [-0.05, 0) is 37.6 Å². The van der Waals surface area contributed by atoms with E-state index in [1.165, 1.54) is 16.7 Å². The Morgan fingerprint density at radius 2 is 1.71 bits per heavy atom. The lowest BCUT2D eigenvalue weighted by Crippen LogP contribution is -2.25. The second-order valence-corrected chi connectivity index (χ2v) is 3.65. The van der Waals surface area contributed by atoms with Crippen LogP contribution in [0.5, 0.6) is 0 Å². The summed E-state index contributed by atoms with van der Waals surface area (Å²) >= 11 is 0. The maximum Gasteiger partial charge on any atom is 0.0211 e. The minimum absolute atomic E-state index is 0.972. The Kier molecular flexibility index (Phi) is 4.63. The molecule has 0 bridgehead atoms. The van der Waals surface area contributed by atoms with Crippen molar-refractivity contribution in [1.82, 2.24) is 10.6 Å². The standard InChI is InChI=1S/C12H20N2/c1-10-5-4-6-11(2)12(10)9-14-8-7-13-3/h4-6,13-14H,7-9H2,1-3H3. The van der Waals surface area contributed by atoms with Crippen molar-refractivity contribution in [2.24, 2.45) is 0 Å². The third-order valence-electron chi connectivity index (χ3n) is 2.50. The molecule has 1 aromatic carbocycles. The predicted molar refractivity (Wildman–Crippen MR) is 61.5 cm³/mol. The molecule has 0 amide bonds. The van der Waals surface area contributed by atoms with Gasteiger partial charge < -0.3 is 10.6 Å². The number of hydrogen-bond donors (Lipinski definition) is 2. The summed E-state index contributed by atoms with van der Waals surface area (Å²) in [6.07, 6.45) is 0. The molecular weight excluding hydrogens is 172 g/mol. The molecule has 0 aliphatic heterocycles. The third kappa shape index (κ3) is 3.13. The molecule has 1 aromatic rings. The highest BCUT2D eigenvalue weighted by Crippen LogP contribution is 2.12. The average Bonchev–Trinajstić information content (AvgIpc) is 2.16. The summed E-state index contributed by atoms with van der Waals surface area (Å²) in [4.78, 5) is 0. The van der Waals surface area contributed by atoms with Crippen LogP contribution in [0.3, 0.4) is 0 Å². The first kappa shape index (κ1) is 11.2. The molecule has 78 valence electrons. The van der Waals surface area contributed by atoms with Crippen LogP contribution in [0.4, 0.5) is 0 Å². The lowest BCUT2D eigenvalue weighted by atomic mass is 10.0. The van der Waals surface area contributed by atoms with Gasteiger partial charge in [0.2, 0.25) is 0 Å². The van der Waals surface area contributed by atoms with Gasteiger partial charge in [-0.3, -0.25) is 0 Å². The first-order valence-electron chi connectivity index (χ1n) is 5.16. The van der Waals surface area contributed by atoms with Crippen LogP contribution >= 0.6 is 0 Å². The van der Waals surface area contributed by atoms with Crippen molar-refractivity contribution in [3.05, 3.63) is 34.9 Å². The molecule has 0 saturated heterocycles. The fourth-order valence-corrected chi connectivity index (χ4v) is 1.55. The monoisotopic (exact) mass is 192 g/mol. The van der Waals surface area contributed by atoms with Crippen molar-refractivity contribution in [2.45, 2.75) is 20.4 Å². The molecule has 2 heteroatoms. The van der Waals surface area contributed by atoms with Gasteiger partial charge in [-0.1, -0.05) is 18.2 Å². The minimum atomic E-state index is 0.972. The van der Waals surface area contributed by atoms with Crippen molar-refractivity contribution in [3.8, 4) is 0 Å². The Labute approximate surface area is 86.7 Å². The highest BCUT2D eigenvalue weighted by Gasteiger charge is 2.00. The van der Waals surface area contributed by atoms with Gasteiger partial charge in [0, 0.05) is 19.6 Å². The lowest BCUT2D eigenvalue weighted by Gasteiger charge is -2.10. The highest BCUT2D eigenvalue weighted by atomic mass is 14.9. The van der Waals surface area contributed by atoms with Crippen LogP contribution in [-0.2, 0) is 6.54 Å². The number of likely N-dealkylation sites (N-methyl/N-ethyl adjacent to an activating group) is 1. The maximum absolute atomic E-state index is 3.42. The Bertz CT molecular complexity index is 261. The van der Waals surface area contributed by atoms with E-state index in [2.05, 4.69) is 42.7 Å². The molecule has 0 aliphatic rings. The van der Waals surface area contributed by atoms with E-state index in [1.54, 1.807) is 0 Å². The molecule has 2 N–H and O–H groups in total. The Morgan fingerprint density at radius 3 is 2.29 bits per heavy atom. The largest absolute Gasteiger partial charge is 0.318 e. The van der Waals surface area contributed by atoms with E-state index in [0.29, 0.717) is 0 Å². The van der Waals surface area contributed by atoms with E-state index >= 15 is 0 Å². The van der Waals surface area contributed by atoms with Crippen molar-refractivity contribution in [3.63, 3.8) is 0 Å². The van der Waals surface area contributed by atoms with Gasteiger partial charge in [0.05, 0.1) is 0 Å². The van der Waals surface area contributed by atoms with Crippen LogP contribution in [-0.4, -0.2) is 20.1 Å².